The monoisotopic (exact) mass is 291 g/mol. The Morgan fingerprint density at radius 3 is 2.57 bits per heavy atom. The molecule has 0 aliphatic rings. The summed E-state index contributed by atoms with van der Waals surface area (Å²) in [5.74, 6) is -2.37. The molecule has 7 heteroatoms. The molecule has 0 aliphatic heterocycles. The number of carbonyl (C=O) groups is 1. The van der Waals surface area contributed by atoms with E-state index in [0.29, 0.717) is 0 Å². The molecule has 0 radical (unpaired) electrons. The zero-order chi connectivity index (χ0) is 15.6. The number of aryl methyl sites for hydroxylation is 1. The Morgan fingerprint density at radius 1 is 1.24 bits per heavy atom. The van der Waals surface area contributed by atoms with Gasteiger partial charge in [0.1, 0.15) is 11.3 Å². The van der Waals surface area contributed by atoms with Gasteiger partial charge in [0.05, 0.1) is 4.92 Å². The van der Waals surface area contributed by atoms with E-state index in [4.69, 9.17) is 9.84 Å². The zero-order valence-corrected chi connectivity index (χ0v) is 10.9. The highest BCUT2D eigenvalue weighted by molar-refractivity contribution is 5.91. The van der Waals surface area contributed by atoms with Crippen LogP contribution in [0.3, 0.4) is 0 Å². The summed E-state index contributed by atoms with van der Waals surface area (Å²) in [7, 11) is 0. The topological polar surface area (TPSA) is 89.7 Å². The molecule has 0 saturated heterocycles. The van der Waals surface area contributed by atoms with Gasteiger partial charge in [-0.2, -0.15) is 0 Å². The minimum atomic E-state index is -1.40. The molecule has 0 aliphatic carbocycles. The first-order valence-corrected chi connectivity index (χ1v) is 5.84. The van der Waals surface area contributed by atoms with Crippen molar-refractivity contribution in [2.24, 2.45) is 0 Å². The molecular formula is C14H10FNO5. The Morgan fingerprint density at radius 2 is 1.95 bits per heavy atom. The SMILES string of the molecule is Cc1ccc(F)c(Oc2ccc([N+](=O)[O-])cc2C(=O)O)c1. The maximum absolute atomic E-state index is 13.6. The van der Waals surface area contributed by atoms with Crippen LogP contribution in [0.4, 0.5) is 10.1 Å². The second kappa shape index (κ2) is 5.58. The smallest absolute Gasteiger partial charge is 0.339 e. The van der Waals surface area contributed by atoms with Gasteiger partial charge in [0.2, 0.25) is 0 Å². The van der Waals surface area contributed by atoms with Crippen LogP contribution >= 0.6 is 0 Å². The molecule has 21 heavy (non-hydrogen) atoms. The van der Waals surface area contributed by atoms with Crippen molar-refractivity contribution in [3.05, 3.63) is 63.5 Å². The van der Waals surface area contributed by atoms with Crippen molar-refractivity contribution < 1.29 is 24.0 Å². The van der Waals surface area contributed by atoms with Crippen molar-refractivity contribution in [3.8, 4) is 11.5 Å². The largest absolute Gasteiger partial charge is 0.478 e. The van der Waals surface area contributed by atoms with E-state index in [1.165, 1.54) is 18.2 Å². The van der Waals surface area contributed by atoms with Gasteiger partial charge >= 0.3 is 5.97 Å². The second-order valence-electron chi connectivity index (χ2n) is 4.28. The van der Waals surface area contributed by atoms with Crippen LogP contribution in [0.1, 0.15) is 15.9 Å². The van der Waals surface area contributed by atoms with Crippen molar-refractivity contribution in [3.63, 3.8) is 0 Å². The summed E-state index contributed by atoms with van der Waals surface area (Å²) in [5, 5.41) is 19.7. The number of hydrogen-bond donors (Lipinski definition) is 1. The van der Waals surface area contributed by atoms with E-state index in [0.717, 1.165) is 23.8 Å². The number of halogens is 1. The van der Waals surface area contributed by atoms with Crippen LogP contribution in [0.25, 0.3) is 0 Å². The van der Waals surface area contributed by atoms with Crippen molar-refractivity contribution >= 4 is 11.7 Å². The maximum Gasteiger partial charge on any atom is 0.339 e. The second-order valence-corrected chi connectivity index (χ2v) is 4.28. The molecule has 0 amide bonds. The molecule has 0 saturated carbocycles. The molecule has 6 nitrogen and oxygen atoms in total. The minimum absolute atomic E-state index is 0.147. The van der Waals surface area contributed by atoms with E-state index in [1.54, 1.807) is 6.92 Å². The van der Waals surface area contributed by atoms with Crippen LogP contribution in [-0.2, 0) is 0 Å². The normalized spacial score (nSPS) is 10.2. The Balaban J connectivity index is 2.46. The number of rotatable bonds is 4. The van der Waals surface area contributed by atoms with Crippen molar-refractivity contribution in [2.75, 3.05) is 0 Å². The number of aromatic carboxylic acids is 1. The number of non-ortho nitro benzene ring substituents is 1. The molecule has 0 bridgehead atoms. The molecule has 0 fully saturated rings. The summed E-state index contributed by atoms with van der Waals surface area (Å²) in [6.45, 7) is 1.72. The molecular weight excluding hydrogens is 281 g/mol. The third kappa shape index (κ3) is 3.14. The number of nitrogens with zero attached hydrogens (tertiary/aromatic N) is 1. The van der Waals surface area contributed by atoms with Gasteiger partial charge in [0.15, 0.2) is 11.6 Å². The lowest BCUT2D eigenvalue weighted by atomic mass is 10.1. The molecule has 0 unspecified atom stereocenters. The number of nitro benzene ring substituents is 1. The first kappa shape index (κ1) is 14.4. The number of carboxylic acids is 1. The number of hydrogen-bond acceptors (Lipinski definition) is 4. The average Bonchev–Trinajstić information content (AvgIpc) is 2.42. The number of ether oxygens (including phenoxy) is 1. The summed E-state index contributed by atoms with van der Waals surface area (Å²) >= 11 is 0. The minimum Gasteiger partial charge on any atom is -0.478 e. The van der Waals surface area contributed by atoms with E-state index in [-0.39, 0.29) is 17.2 Å². The highest BCUT2D eigenvalue weighted by Crippen LogP contribution is 2.30. The Labute approximate surface area is 118 Å². The fourth-order valence-electron chi connectivity index (χ4n) is 1.69. The van der Waals surface area contributed by atoms with E-state index in [9.17, 15) is 19.3 Å². The fraction of sp³-hybridized carbons (Fsp3) is 0.0714. The summed E-state index contributed by atoms with van der Waals surface area (Å²) in [4.78, 5) is 21.1. The standard InChI is InChI=1S/C14H10FNO5/c1-8-2-4-11(15)13(6-8)21-12-5-3-9(16(19)20)7-10(12)14(17)18/h2-7H,1H3,(H,17,18). The molecule has 108 valence electrons. The van der Waals surface area contributed by atoms with Crippen molar-refractivity contribution in [2.45, 2.75) is 6.92 Å². The quantitative estimate of drug-likeness (QED) is 0.687. The van der Waals surface area contributed by atoms with E-state index in [2.05, 4.69) is 0 Å². The maximum atomic E-state index is 13.6. The number of carboxylic acid groups (broad SMARTS) is 1. The summed E-state index contributed by atoms with van der Waals surface area (Å²) < 4.78 is 18.9. The van der Waals surface area contributed by atoms with E-state index < -0.39 is 22.3 Å². The fourth-order valence-corrected chi connectivity index (χ4v) is 1.69. The zero-order valence-electron chi connectivity index (χ0n) is 10.9. The van der Waals surface area contributed by atoms with Crippen LogP contribution in [0, 0.1) is 22.9 Å². The van der Waals surface area contributed by atoms with Gasteiger partial charge in [-0.25, -0.2) is 9.18 Å². The molecule has 2 aromatic rings. The molecule has 0 heterocycles. The lowest BCUT2D eigenvalue weighted by Crippen LogP contribution is -2.02. The summed E-state index contributed by atoms with van der Waals surface area (Å²) in [6.07, 6.45) is 0. The van der Waals surface area contributed by atoms with Gasteiger partial charge < -0.3 is 9.84 Å². The Kier molecular flexibility index (Phi) is 3.84. The van der Waals surface area contributed by atoms with Crippen LogP contribution in [-0.4, -0.2) is 16.0 Å². The van der Waals surface area contributed by atoms with Crippen LogP contribution in [0.15, 0.2) is 36.4 Å². The predicted molar refractivity (Wildman–Crippen MR) is 71.3 cm³/mol. The van der Waals surface area contributed by atoms with Gasteiger partial charge in [-0.05, 0) is 30.7 Å². The van der Waals surface area contributed by atoms with E-state index in [1.807, 2.05) is 0 Å². The summed E-state index contributed by atoms with van der Waals surface area (Å²) in [6, 6.07) is 7.22. The average molecular weight is 291 g/mol. The predicted octanol–water partition coefficient (Wildman–Crippen LogP) is 3.53. The van der Waals surface area contributed by atoms with Gasteiger partial charge in [-0.1, -0.05) is 6.07 Å². The number of benzene rings is 2. The lowest BCUT2D eigenvalue weighted by Gasteiger charge is -2.10. The van der Waals surface area contributed by atoms with Crippen LogP contribution in [0.2, 0.25) is 0 Å². The van der Waals surface area contributed by atoms with Crippen molar-refractivity contribution in [1.82, 2.24) is 0 Å². The van der Waals surface area contributed by atoms with Crippen LogP contribution < -0.4 is 4.74 Å². The highest BCUT2D eigenvalue weighted by atomic mass is 19.1. The molecule has 2 rings (SSSR count). The Hall–Kier alpha value is -2.96. The van der Waals surface area contributed by atoms with Gasteiger partial charge in [-0.3, -0.25) is 10.1 Å². The third-order valence-electron chi connectivity index (χ3n) is 2.71. The molecule has 1 N–H and O–H groups in total. The molecule has 0 atom stereocenters. The van der Waals surface area contributed by atoms with Crippen LogP contribution in [0.5, 0.6) is 11.5 Å². The Bertz CT molecular complexity index is 729. The number of nitro groups is 1. The molecule has 0 aromatic heterocycles. The van der Waals surface area contributed by atoms with Gasteiger partial charge in [-0.15, -0.1) is 0 Å². The summed E-state index contributed by atoms with van der Waals surface area (Å²) in [5.41, 5.74) is -0.0697. The highest BCUT2D eigenvalue weighted by Gasteiger charge is 2.18. The van der Waals surface area contributed by atoms with Crippen molar-refractivity contribution in [1.29, 1.82) is 0 Å². The lowest BCUT2D eigenvalue weighted by molar-refractivity contribution is -0.384. The third-order valence-corrected chi connectivity index (χ3v) is 2.71. The van der Waals surface area contributed by atoms with Gasteiger partial charge in [0, 0.05) is 12.1 Å². The first-order chi connectivity index (χ1) is 9.88. The van der Waals surface area contributed by atoms with Gasteiger partial charge in [0.25, 0.3) is 5.69 Å². The molecule has 0 spiro atoms. The molecule has 2 aromatic carbocycles. The first-order valence-electron chi connectivity index (χ1n) is 5.84. The van der Waals surface area contributed by atoms with E-state index >= 15 is 0 Å².